The van der Waals surface area contributed by atoms with Gasteiger partial charge in [0.15, 0.2) is 0 Å². The number of hydrogen-bond acceptors (Lipinski definition) is 2. The summed E-state index contributed by atoms with van der Waals surface area (Å²) in [4.78, 5) is 26.4. The van der Waals surface area contributed by atoms with Gasteiger partial charge in [-0.15, -0.1) is 0 Å². The molecule has 130 valence electrons. The van der Waals surface area contributed by atoms with E-state index < -0.39 is 0 Å². The summed E-state index contributed by atoms with van der Waals surface area (Å²) in [5, 5.41) is 3.66. The van der Waals surface area contributed by atoms with Crippen molar-refractivity contribution < 1.29 is 9.59 Å². The number of nitrogens with zero attached hydrogens (tertiary/aromatic N) is 1. The molecule has 6 heteroatoms. The summed E-state index contributed by atoms with van der Waals surface area (Å²) in [6.07, 6.45) is 0.211. The van der Waals surface area contributed by atoms with Gasteiger partial charge in [0.05, 0.1) is 16.6 Å². The van der Waals surface area contributed by atoms with Crippen LogP contribution in [0.3, 0.4) is 0 Å². The molecule has 0 aromatic heterocycles. The molecule has 0 spiro atoms. The number of anilines is 1. The third-order valence-electron chi connectivity index (χ3n) is 4.27. The molecule has 2 aromatic carbocycles. The molecular weight excluding hydrogens is 359 g/mol. The molecule has 1 unspecified atom stereocenters. The van der Waals surface area contributed by atoms with Crippen molar-refractivity contribution in [1.29, 1.82) is 0 Å². The number of amides is 2. The Morgan fingerprint density at radius 1 is 1.20 bits per heavy atom. The molecule has 0 bridgehead atoms. The predicted molar refractivity (Wildman–Crippen MR) is 99.8 cm³/mol. The second kappa shape index (κ2) is 7.46. The first-order chi connectivity index (χ1) is 11.9. The summed E-state index contributed by atoms with van der Waals surface area (Å²) in [6, 6.07) is 12.9. The molecular formula is C19H18Cl2N2O2. The molecule has 1 atom stereocenters. The van der Waals surface area contributed by atoms with Crippen molar-refractivity contribution in [3.8, 4) is 0 Å². The molecule has 2 amide bonds. The Labute approximate surface area is 156 Å². The smallest absolute Gasteiger partial charge is 0.229 e. The van der Waals surface area contributed by atoms with Crippen LogP contribution in [0.2, 0.25) is 10.0 Å². The first-order valence-electron chi connectivity index (χ1n) is 8.01. The van der Waals surface area contributed by atoms with Crippen LogP contribution in [-0.4, -0.2) is 23.3 Å². The number of carbonyl (C=O) groups excluding carboxylic acids is 2. The molecule has 0 saturated carbocycles. The van der Waals surface area contributed by atoms with Gasteiger partial charge in [0, 0.05) is 24.5 Å². The fourth-order valence-corrected chi connectivity index (χ4v) is 3.30. The first kappa shape index (κ1) is 17.8. The van der Waals surface area contributed by atoms with Gasteiger partial charge in [-0.3, -0.25) is 9.59 Å². The van der Waals surface area contributed by atoms with Crippen molar-refractivity contribution in [1.82, 2.24) is 4.90 Å². The highest BCUT2D eigenvalue weighted by Gasteiger charge is 2.34. The molecule has 1 saturated heterocycles. The van der Waals surface area contributed by atoms with Crippen molar-refractivity contribution in [3.05, 3.63) is 63.6 Å². The summed E-state index contributed by atoms with van der Waals surface area (Å²) in [5.41, 5.74) is 2.73. The van der Waals surface area contributed by atoms with Gasteiger partial charge >= 0.3 is 0 Å². The average molecular weight is 377 g/mol. The summed E-state index contributed by atoms with van der Waals surface area (Å²) in [7, 11) is 0. The summed E-state index contributed by atoms with van der Waals surface area (Å²) >= 11 is 11.9. The maximum absolute atomic E-state index is 12.5. The molecule has 4 nitrogen and oxygen atoms in total. The van der Waals surface area contributed by atoms with Crippen LogP contribution < -0.4 is 5.32 Å². The van der Waals surface area contributed by atoms with Gasteiger partial charge in [0.25, 0.3) is 0 Å². The molecule has 0 aliphatic carbocycles. The van der Waals surface area contributed by atoms with Crippen LogP contribution in [0.25, 0.3) is 0 Å². The van der Waals surface area contributed by atoms with Crippen molar-refractivity contribution in [3.63, 3.8) is 0 Å². The number of rotatable bonds is 4. The van der Waals surface area contributed by atoms with E-state index in [2.05, 4.69) is 5.32 Å². The molecule has 25 heavy (non-hydrogen) atoms. The zero-order valence-corrected chi connectivity index (χ0v) is 15.3. The Kier molecular flexibility index (Phi) is 5.30. The van der Waals surface area contributed by atoms with Gasteiger partial charge in [-0.1, -0.05) is 53.0 Å². The Morgan fingerprint density at radius 2 is 1.92 bits per heavy atom. The van der Waals surface area contributed by atoms with Crippen LogP contribution in [0.1, 0.15) is 17.5 Å². The number of benzene rings is 2. The minimum absolute atomic E-state index is 0.0112. The van der Waals surface area contributed by atoms with Crippen molar-refractivity contribution in [2.45, 2.75) is 19.9 Å². The number of carbonyl (C=O) groups is 2. The van der Waals surface area contributed by atoms with Gasteiger partial charge in [0.1, 0.15) is 0 Å². The van der Waals surface area contributed by atoms with Crippen LogP contribution in [0.15, 0.2) is 42.5 Å². The lowest BCUT2D eigenvalue weighted by atomic mass is 10.1. The van der Waals surface area contributed by atoms with E-state index in [1.807, 2.05) is 31.2 Å². The normalized spacial score (nSPS) is 17.0. The second-order valence-corrected chi connectivity index (χ2v) is 7.12. The van der Waals surface area contributed by atoms with Gasteiger partial charge in [0.2, 0.25) is 11.8 Å². The van der Waals surface area contributed by atoms with E-state index in [4.69, 9.17) is 23.2 Å². The molecule has 1 aliphatic rings. The predicted octanol–water partition coefficient (Wildman–Crippen LogP) is 4.29. The number of halogens is 2. The number of likely N-dealkylation sites (tertiary alicyclic amines) is 1. The lowest BCUT2D eigenvalue weighted by Crippen LogP contribution is -2.28. The first-order valence-corrected chi connectivity index (χ1v) is 8.77. The van der Waals surface area contributed by atoms with Crippen LogP contribution in [0.5, 0.6) is 0 Å². The van der Waals surface area contributed by atoms with Gasteiger partial charge < -0.3 is 10.2 Å². The van der Waals surface area contributed by atoms with Crippen molar-refractivity contribution in [2.75, 3.05) is 11.9 Å². The number of nitrogens with one attached hydrogen (secondary N) is 1. The second-order valence-electron chi connectivity index (χ2n) is 6.27. The van der Waals surface area contributed by atoms with Crippen LogP contribution >= 0.6 is 23.2 Å². The van der Waals surface area contributed by atoms with Crippen LogP contribution in [0, 0.1) is 12.8 Å². The SMILES string of the molecule is Cc1ccc(CN2CC(C(=O)Nc3ccc(Cl)cc3Cl)CC2=O)cc1. The van der Waals surface area contributed by atoms with Crippen molar-refractivity contribution >= 4 is 40.7 Å². The van der Waals surface area contributed by atoms with E-state index in [1.54, 1.807) is 23.1 Å². The lowest BCUT2D eigenvalue weighted by molar-refractivity contribution is -0.128. The Bertz CT molecular complexity index is 806. The topological polar surface area (TPSA) is 49.4 Å². The summed E-state index contributed by atoms with van der Waals surface area (Å²) in [5.74, 6) is -0.600. The standard InChI is InChI=1S/C19H18Cl2N2O2/c1-12-2-4-13(5-3-12)10-23-11-14(8-18(23)24)19(25)22-17-7-6-15(20)9-16(17)21/h2-7,9,14H,8,10-11H2,1H3,(H,22,25). The van der Waals surface area contributed by atoms with Crippen LogP contribution in [0.4, 0.5) is 5.69 Å². The van der Waals surface area contributed by atoms with Crippen molar-refractivity contribution in [2.24, 2.45) is 5.92 Å². The van der Waals surface area contributed by atoms with Gasteiger partial charge in [-0.25, -0.2) is 0 Å². The zero-order valence-electron chi connectivity index (χ0n) is 13.8. The monoisotopic (exact) mass is 376 g/mol. The Morgan fingerprint density at radius 3 is 2.60 bits per heavy atom. The molecule has 1 heterocycles. The molecule has 1 N–H and O–H groups in total. The zero-order chi connectivity index (χ0) is 18.0. The van der Waals surface area contributed by atoms with Crippen LogP contribution in [-0.2, 0) is 16.1 Å². The molecule has 0 radical (unpaired) electrons. The van der Waals surface area contributed by atoms with E-state index in [0.717, 1.165) is 5.56 Å². The summed E-state index contributed by atoms with van der Waals surface area (Å²) in [6.45, 7) is 2.95. The number of aryl methyl sites for hydroxylation is 1. The molecule has 2 aromatic rings. The van der Waals surface area contributed by atoms with E-state index in [0.29, 0.717) is 28.8 Å². The fraction of sp³-hybridized carbons (Fsp3) is 0.263. The Balaban J connectivity index is 1.63. The largest absolute Gasteiger partial charge is 0.338 e. The Hall–Kier alpha value is -2.04. The highest BCUT2D eigenvalue weighted by atomic mass is 35.5. The minimum Gasteiger partial charge on any atom is -0.338 e. The lowest BCUT2D eigenvalue weighted by Gasteiger charge is -2.17. The molecule has 1 aliphatic heterocycles. The van der Waals surface area contributed by atoms with E-state index in [-0.39, 0.29) is 24.2 Å². The summed E-state index contributed by atoms with van der Waals surface area (Å²) < 4.78 is 0. The fourth-order valence-electron chi connectivity index (χ4n) is 2.84. The maximum Gasteiger partial charge on any atom is 0.229 e. The maximum atomic E-state index is 12.5. The quantitative estimate of drug-likeness (QED) is 0.864. The highest BCUT2D eigenvalue weighted by molar-refractivity contribution is 6.36. The van der Waals surface area contributed by atoms with E-state index in [1.165, 1.54) is 5.56 Å². The van der Waals surface area contributed by atoms with E-state index in [9.17, 15) is 9.59 Å². The third-order valence-corrected chi connectivity index (χ3v) is 4.82. The molecule has 1 fully saturated rings. The average Bonchev–Trinajstić information content (AvgIpc) is 2.93. The number of hydrogen-bond donors (Lipinski definition) is 1. The third kappa shape index (κ3) is 4.33. The highest BCUT2D eigenvalue weighted by Crippen LogP contribution is 2.27. The van der Waals surface area contributed by atoms with E-state index >= 15 is 0 Å². The van der Waals surface area contributed by atoms with Gasteiger partial charge in [-0.2, -0.15) is 0 Å². The van der Waals surface area contributed by atoms with Gasteiger partial charge in [-0.05, 0) is 30.7 Å². The molecule has 3 rings (SSSR count). The minimum atomic E-state index is -0.385.